The minimum Gasteiger partial charge on any atom is -0.363 e. The SMILES string of the molecule is CN(C)C(=N)c1ccc([N+](=O)[O-])cc1. The van der Waals surface area contributed by atoms with Crippen LogP contribution in [-0.4, -0.2) is 29.8 Å². The molecule has 0 aliphatic rings. The van der Waals surface area contributed by atoms with Gasteiger partial charge in [-0.3, -0.25) is 15.5 Å². The first-order valence-electron chi connectivity index (χ1n) is 4.03. The van der Waals surface area contributed by atoms with E-state index in [1.807, 2.05) is 0 Å². The number of rotatable bonds is 2. The number of nitro groups is 1. The third kappa shape index (κ3) is 2.07. The number of amidine groups is 1. The first-order chi connectivity index (χ1) is 6.52. The zero-order valence-corrected chi connectivity index (χ0v) is 8.02. The summed E-state index contributed by atoms with van der Waals surface area (Å²) in [6, 6.07) is 5.93. The van der Waals surface area contributed by atoms with Crippen molar-refractivity contribution in [1.29, 1.82) is 5.41 Å². The van der Waals surface area contributed by atoms with E-state index in [-0.39, 0.29) is 5.69 Å². The highest BCUT2D eigenvalue weighted by molar-refractivity contribution is 5.96. The number of nitro benzene ring substituents is 1. The van der Waals surface area contributed by atoms with Crippen molar-refractivity contribution in [3.8, 4) is 0 Å². The van der Waals surface area contributed by atoms with E-state index in [0.29, 0.717) is 11.4 Å². The molecule has 0 aliphatic heterocycles. The summed E-state index contributed by atoms with van der Waals surface area (Å²) in [5.74, 6) is 0.333. The Morgan fingerprint density at radius 1 is 1.36 bits per heavy atom. The fourth-order valence-corrected chi connectivity index (χ4v) is 0.999. The van der Waals surface area contributed by atoms with Gasteiger partial charge in [0.05, 0.1) is 4.92 Å². The summed E-state index contributed by atoms with van der Waals surface area (Å²) in [6.07, 6.45) is 0. The second-order valence-corrected chi connectivity index (χ2v) is 3.05. The van der Waals surface area contributed by atoms with Gasteiger partial charge in [-0.1, -0.05) is 0 Å². The van der Waals surface area contributed by atoms with E-state index in [1.54, 1.807) is 31.1 Å². The lowest BCUT2D eigenvalue weighted by molar-refractivity contribution is -0.384. The molecule has 0 spiro atoms. The lowest BCUT2D eigenvalue weighted by Crippen LogP contribution is -2.21. The van der Waals surface area contributed by atoms with E-state index >= 15 is 0 Å². The van der Waals surface area contributed by atoms with Crippen LogP contribution in [0.4, 0.5) is 5.69 Å². The molecule has 14 heavy (non-hydrogen) atoms. The Bertz CT molecular complexity index is 357. The molecule has 0 radical (unpaired) electrons. The average Bonchev–Trinajstić information content (AvgIpc) is 2.16. The highest BCUT2D eigenvalue weighted by Crippen LogP contribution is 2.12. The zero-order chi connectivity index (χ0) is 10.7. The molecule has 0 bridgehead atoms. The number of hydrogen-bond acceptors (Lipinski definition) is 3. The maximum atomic E-state index is 10.4. The smallest absolute Gasteiger partial charge is 0.269 e. The van der Waals surface area contributed by atoms with E-state index in [4.69, 9.17) is 5.41 Å². The molecule has 0 aliphatic carbocycles. The predicted octanol–water partition coefficient (Wildman–Crippen LogP) is 1.48. The lowest BCUT2D eigenvalue weighted by atomic mass is 10.2. The normalized spacial score (nSPS) is 9.57. The standard InChI is InChI=1S/C9H11N3O2/c1-11(2)9(10)7-3-5-8(6-4-7)12(13)14/h3-6,10H,1-2H3. The first-order valence-corrected chi connectivity index (χ1v) is 4.03. The average molecular weight is 193 g/mol. The van der Waals surface area contributed by atoms with Crippen molar-refractivity contribution in [2.45, 2.75) is 0 Å². The monoisotopic (exact) mass is 193 g/mol. The van der Waals surface area contributed by atoms with E-state index in [0.717, 1.165) is 0 Å². The Labute approximate surface area is 81.6 Å². The van der Waals surface area contributed by atoms with Gasteiger partial charge < -0.3 is 4.90 Å². The number of benzene rings is 1. The van der Waals surface area contributed by atoms with Gasteiger partial charge >= 0.3 is 0 Å². The highest BCUT2D eigenvalue weighted by atomic mass is 16.6. The summed E-state index contributed by atoms with van der Waals surface area (Å²) in [5.41, 5.74) is 0.709. The minimum absolute atomic E-state index is 0.0420. The molecule has 0 heterocycles. The van der Waals surface area contributed by atoms with Gasteiger partial charge in [-0.2, -0.15) is 0 Å². The van der Waals surface area contributed by atoms with Crippen molar-refractivity contribution >= 4 is 11.5 Å². The van der Waals surface area contributed by atoms with Gasteiger partial charge in [0, 0.05) is 31.8 Å². The summed E-state index contributed by atoms with van der Waals surface area (Å²) in [5, 5.41) is 18.0. The molecule has 0 saturated carbocycles. The van der Waals surface area contributed by atoms with Crippen LogP contribution in [0.3, 0.4) is 0 Å². The quantitative estimate of drug-likeness (QED) is 0.334. The fourth-order valence-electron chi connectivity index (χ4n) is 0.999. The molecular weight excluding hydrogens is 182 g/mol. The van der Waals surface area contributed by atoms with Crippen molar-refractivity contribution in [3.05, 3.63) is 39.9 Å². The second kappa shape index (κ2) is 3.87. The maximum Gasteiger partial charge on any atom is 0.269 e. The zero-order valence-electron chi connectivity index (χ0n) is 8.02. The third-order valence-electron chi connectivity index (χ3n) is 1.80. The molecule has 0 amide bonds. The fraction of sp³-hybridized carbons (Fsp3) is 0.222. The van der Waals surface area contributed by atoms with Gasteiger partial charge in [0.15, 0.2) is 0 Å². The molecule has 0 aromatic heterocycles. The summed E-state index contributed by atoms with van der Waals surface area (Å²) in [7, 11) is 3.51. The Morgan fingerprint density at radius 3 is 2.21 bits per heavy atom. The van der Waals surface area contributed by atoms with Crippen molar-refractivity contribution in [2.75, 3.05) is 14.1 Å². The van der Waals surface area contributed by atoms with Crippen LogP contribution >= 0.6 is 0 Å². The van der Waals surface area contributed by atoms with Crippen molar-refractivity contribution in [2.24, 2.45) is 0 Å². The molecular formula is C9H11N3O2. The number of hydrogen-bond donors (Lipinski definition) is 1. The molecule has 1 rings (SSSR count). The van der Waals surface area contributed by atoms with Gasteiger partial charge in [-0.05, 0) is 12.1 Å². The van der Waals surface area contributed by atoms with Gasteiger partial charge in [-0.25, -0.2) is 0 Å². The van der Waals surface area contributed by atoms with Gasteiger partial charge in [0.1, 0.15) is 5.84 Å². The Kier molecular flexibility index (Phi) is 2.81. The summed E-state index contributed by atoms with van der Waals surface area (Å²) >= 11 is 0. The lowest BCUT2D eigenvalue weighted by Gasteiger charge is -2.12. The Hall–Kier alpha value is -1.91. The molecule has 0 fully saturated rings. The van der Waals surface area contributed by atoms with Crippen LogP contribution in [0.5, 0.6) is 0 Å². The molecule has 1 aromatic carbocycles. The topological polar surface area (TPSA) is 70.2 Å². The van der Waals surface area contributed by atoms with Crippen LogP contribution in [0.15, 0.2) is 24.3 Å². The van der Waals surface area contributed by atoms with Crippen LogP contribution in [0.25, 0.3) is 0 Å². The molecule has 1 aromatic rings. The van der Waals surface area contributed by atoms with Crippen LogP contribution in [0, 0.1) is 15.5 Å². The molecule has 0 saturated heterocycles. The summed E-state index contributed by atoms with van der Waals surface area (Å²) in [4.78, 5) is 11.5. The summed E-state index contributed by atoms with van der Waals surface area (Å²) in [6.45, 7) is 0. The van der Waals surface area contributed by atoms with E-state index < -0.39 is 4.92 Å². The van der Waals surface area contributed by atoms with Crippen LogP contribution in [0.2, 0.25) is 0 Å². The Balaban J connectivity index is 2.94. The molecule has 74 valence electrons. The van der Waals surface area contributed by atoms with Gasteiger partial charge in [0.2, 0.25) is 0 Å². The van der Waals surface area contributed by atoms with E-state index in [1.165, 1.54) is 12.1 Å². The molecule has 1 N–H and O–H groups in total. The number of nitrogens with zero attached hydrogens (tertiary/aromatic N) is 2. The molecule has 5 heteroatoms. The van der Waals surface area contributed by atoms with Crippen LogP contribution in [-0.2, 0) is 0 Å². The number of nitrogens with one attached hydrogen (secondary N) is 1. The van der Waals surface area contributed by atoms with E-state index in [9.17, 15) is 10.1 Å². The molecule has 5 nitrogen and oxygen atoms in total. The highest BCUT2D eigenvalue weighted by Gasteiger charge is 2.07. The van der Waals surface area contributed by atoms with Crippen LogP contribution in [0.1, 0.15) is 5.56 Å². The first kappa shape index (κ1) is 10.2. The van der Waals surface area contributed by atoms with Crippen molar-refractivity contribution < 1.29 is 4.92 Å². The van der Waals surface area contributed by atoms with Crippen molar-refractivity contribution in [1.82, 2.24) is 4.90 Å². The van der Waals surface area contributed by atoms with E-state index in [2.05, 4.69) is 0 Å². The third-order valence-corrected chi connectivity index (χ3v) is 1.80. The predicted molar refractivity (Wildman–Crippen MR) is 53.6 cm³/mol. The Morgan fingerprint density at radius 2 is 1.86 bits per heavy atom. The maximum absolute atomic E-state index is 10.4. The van der Waals surface area contributed by atoms with Crippen LogP contribution < -0.4 is 0 Å². The van der Waals surface area contributed by atoms with Gasteiger partial charge in [-0.15, -0.1) is 0 Å². The summed E-state index contributed by atoms with van der Waals surface area (Å²) < 4.78 is 0. The van der Waals surface area contributed by atoms with Crippen molar-refractivity contribution in [3.63, 3.8) is 0 Å². The molecule has 0 atom stereocenters. The molecule has 0 unspecified atom stereocenters. The minimum atomic E-state index is -0.455. The number of non-ortho nitro benzene ring substituents is 1. The van der Waals surface area contributed by atoms with Gasteiger partial charge in [0.25, 0.3) is 5.69 Å². The largest absolute Gasteiger partial charge is 0.363 e. The second-order valence-electron chi connectivity index (χ2n) is 3.05.